The number of anilines is 2. The van der Waals surface area contributed by atoms with Gasteiger partial charge in [-0.3, -0.25) is 4.79 Å². The number of nitrogens with zero attached hydrogens (tertiary/aromatic N) is 3. The minimum absolute atomic E-state index is 0.0565. The molecule has 2 aromatic rings. The topological polar surface area (TPSA) is 66.9 Å². The van der Waals surface area contributed by atoms with Gasteiger partial charge < -0.3 is 24.6 Å². The van der Waals surface area contributed by atoms with Crippen molar-refractivity contribution in [1.29, 1.82) is 0 Å². The van der Waals surface area contributed by atoms with Gasteiger partial charge in [0.1, 0.15) is 5.82 Å². The number of piperazine rings is 1. The number of aryl methyl sites for hydroxylation is 1. The van der Waals surface area contributed by atoms with Crippen molar-refractivity contribution in [2.24, 2.45) is 0 Å². The fourth-order valence-electron chi connectivity index (χ4n) is 3.30. The first-order valence-electron chi connectivity index (χ1n) is 9.50. The number of carbonyl (C=O) groups excluding carboxylic acids is 1. The van der Waals surface area contributed by atoms with Gasteiger partial charge in [0.05, 0.1) is 26.1 Å². The average molecular weight is 384 g/mol. The van der Waals surface area contributed by atoms with Crippen molar-refractivity contribution in [3.63, 3.8) is 0 Å². The zero-order valence-corrected chi connectivity index (χ0v) is 16.8. The summed E-state index contributed by atoms with van der Waals surface area (Å²) < 4.78 is 10.7. The van der Waals surface area contributed by atoms with Gasteiger partial charge in [-0.05, 0) is 37.2 Å². The normalized spacial score (nSPS) is 14.6. The van der Waals surface area contributed by atoms with Gasteiger partial charge in [0.25, 0.3) is 0 Å². The number of pyridine rings is 1. The van der Waals surface area contributed by atoms with E-state index in [2.05, 4.69) is 27.1 Å². The Hall–Kier alpha value is -2.80. The summed E-state index contributed by atoms with van der Waals surface area (Å²) in [6.45, 7) is 4.01. The van der Waals surface area contributed by atoms with Crippen molar-refractivity contribution in [3.05, 3.63) is 42.1 Å². The quantitative estimate of drug-likeness (QED) is 0.791. The van der Waals surface area contributed by atoms with E-state index in [1.54, 1.807) is 20.4 Å². The van der Waals surface area contributed by atoms with Crippen LogP contribution in [-0.4, -0.2) is 63.2 Å². The smallest absolute Gasteiger partial charge is 0.224 e. The molecule has 0 radical (unpaired) electrons. The zero-order valence-electron chi connectivity index (χ0n) is 16.8. The van der Waals surface area contributed by atoms with E-state index >= 15 is 0 Å². The highest BCUT2D eigenvalue weighted by Gasteiger charge is 2.15. The van der Waals surface area contributed by atoms with Crippen LogP contribution in [0.25, 0.3) is 0 Å². The van der Waals surface area contributed by atoms with Crippen molar-refractivity contribution in [2.45, 2.75) is 12.8 Å². The van der Waals surface area contributed by atoms with Gasteiger partial charge in [-0.2, -0.15) is 0 Å². The first-order chi connectivity index (χ1) is 13.6. The number of aromatic nitrogens is 1. The van der Waals surface area contributed by atoms with Gasteiger partial charge in [-0.25, -0.2) is 4.98 Å². The number of rotatable bonds is 7. The van der Waals surface area contributed by atoms with Gasteiger partial charge in [-0.1, -0.05) is 12.1 Å². The monoisotopic (exact) mass is 384 g/mol. The summed E-state index contributed by atoms with van der Waals surface area (Å²) in [5.74, 6) is 2.24. The average Bonchev–Trinajstić information content (AvgIpc) is 2.73. The Labute approximate surface area is 166 Å². The van der Waals surface area contributed by atoms with Crippen LogP contribution < -0.4 is 19.7 Å². The van der Waals surface area contributed by atoms with Gasteiger partial charge >= 0.3 is 0 Å². The summed E-state index contributed by atoms with van der Waals surface area (Å²) in [5, 5.41) is 2.92. The van der Waals surface area contributed by atoms with Crippen molar-refractivity contribution >= 4 is 17.4 Å². The highest BCUT2D eigenvalue weighted by molar-refractivity contribution is 5.90. The summed E-state index contributed by atoms with van der Waals surface area (Å²) in [6, 6.07) is 9.56. The molecule has 7 nitrogen and oxygen atoms in total. The molecule has 1 aromatic carbocycles. The van der Waals surface area contributed by atoms with E-state index in [9.17, 15) is 4.79 Å². The summed E-state index contributed by atoms with van der Waals surface area (Å²) in [7, 11) is 5.34. The summed E-state index contributed by atoms with van der Waals surface area (Å²) in [5.41, 5.74) is 1.65. The van der Waals surface area contributed by atoms with Crippen molar-refractivity contribution in [2.75, 3.05) is 57.7 Å². The summed E-state index contributed by atoms with van der Waals surface area (Å²) in [4.78, 5) is 21.4. The van der Waals surface area contributed by atoms with Crippen LogP contribution >= 0.6 is 0 Å². The second-order valence-corrected chi connectivity index (χ2v) is 6.90. The first-order valence-corrected chi connectivity index (χ1v) is 9.50. The standard InChI is InChI=1S/C21H28N4O3/c1-24-11-13-25(14-12-24)19-9-8-17(15-22-19)23-20(26)10-7-16-5-4-6-18(27-2)21(16)28-3/h4-6,8-9,15H,7,10-14H2,1-3H3,(H,23,26). The molecule has 2 heterocycles. The van der Waals surface area contributed by atoms with Crippen LogP contribution in [0, 0.1) is 0 Å². The van der Waals surface area contributed by atoms with E-state index in [1.165, 1.54) is 0 Å². The fraction of sp³-hybridized carbons (Fsp3) is 0.429. The Morgan fingerprint density at radius 1 is 1.11 bits per heavy atom. The predicted molar refractivity (Wildman–Crippen MR) is 110 cm³/mol. The number of hydrogen-bond acceptors (Lipinski definition) is 6. The molecular weight excluding hydrogens is 356 g/mol. The molecule has 0 unspecified atom stereocenters. The molecule has 150 valence electrons. The molecule has 1 aromatic heterocycles. The van der Waals surface area contributed by atoms with Gasteiger partial charge in [-0.15, -0.1) is 0 Å². The third kappa shape index (κ3) is 4.92. The molecule has 0 spiro atoms. The van der Waals surface area contributed by atoms with E-state index in [4.69, 9.17) is 9.47 Å². The number of nitrogens with one attached hydrogen (secondary N) is 1. The second-order valence-electron chi connectivity index (χ2n) is 6.90. The Morgan fingerprint density at radius 2 is 1.89 bits per heavy atom. The van der Waals surface area contributed by atoms with E-state index in [-0.39, 0.29) is 5.91 Å². The molecule has 3 rings (SSSR count). The number of hydrogen-bond donors (Lipinski definition) is 1. The van der Waals surface area contributed by atoms with E-state index < -0.39 is 0 Å². The molecule has 1 saturated heterocycles. The van der Waals surface area contributed by atoms with Crippen LogP contribution in [0.4, 0.5) is 11.5 Å². The highest BCUT2D eigenvalue weighted by atomic mass is 16.5. The Morgan fingerprint density at radius 3 is 2.54 bits per heavy atom. The molecule has 28 heavy (non-hydrogen) atoms. The number of carbonyl (C=O) groups is 1. The first kappa shape index (κ1) is 19.9. The zero-order chi connectivity index (χ0) is 19.9. The molecule has 0 aliphatic carbocycles. The van der Waals surface area contributed by atoms with E-state index in [1.807, 2.05) is 30.3 Å². The minimum atomic E-state index is -0.0565. The number of benzene rings is 1. The largest absolute Gasteiger partial charge is 0.493 e. The maximum atomic E-state index is 12.3. The van der Waals surface area contributed by atoms with Crippen LogP contribution in [-0.2, 0) is 11.2 Å². The van der Waals surface area contributed by atoms with E-state index in [0.717, 1.165) is 37.6 Å². The molecule has 1 fully saturated rings. The Kier molecular flexibility index (Phi) is 6.71. The molecule has 1 aliphatic rings. The maximum absolute atomic E-state index is 12.3. The molecule has 0 saturated carbocycles. The Balaban J connectivity index is 1.54. The van der Waals surface area contributed by atoms with Crippen LogP contribution in [0.15, 0.2) is 36.5 Å². The molecule has 1 N–H and O–H groups in total. The molecule has 1 amide bonds. The van der Waals surface area contributed by atoms with Crippen molar-refractivity contribution in [3.8, 4) is 11.5 Å². The minimum Gasteiger partial charge on any atom is -0.493 e. The van der Waals surface area contributed by atoms with E-state index in [0.29, 0.717) is 30.0 Å². The SMILES string of the molecule is COc1cccc(CCC(=O)Nc2ccc(N3CCN(C)CC3)nc2)c1OC. The van der Waals surface area contributed by atoms with Crippen molar-refractivity contribution < 1.29 is 14.3 Å². The maximum Gasteiger partial charge on any atom is 0.224 e. The van der Waals surface area contributed by atoms with Crippen LogP contribution in [0.3, 0.4) is 0 Å². The molecule has 0 bridgehead atoms. The van der Waals surface area contributed by atoms with Crippen LogP contribution in [0.2, 0.25) is 0 Å². The molecule has 0 atom stereocenters. The number of para-hydroxylation sites is 1. The van der Waals surface area contributed by atoms with Crippen LogP contribution in [0.1, 0.15) is 12.0 Å². The van der Waals surface area contributed by atoms with Gasteiger partial charge in [0, 0.05) is 32.6 Å². The number of methoxy groups -OCH3 is 2. The third-order valence-corrected chi connectivity index (χ3v) is 4.96. The van der Waals surface area contributed by atoms with Crippen LogP contribution in [0.5, 0.6) is 11.5 Å². The second kappa shape index (κ2) is 9.41. The molecule has 1 aliphatic heterocycles. The summed E-state index contributed by atoms with van der Waals surface area (Å²) in [6.07, 6.45) is 2.64. The van der Waals surface area contributed by atoms with Crippen molar-refractivity contribution in [1.82, 2.24) is 9.88 Å². The lowest BCUT2D eigenvalue weighted by Crippen LogP contribution is -2.44. The molecule has 7 heteroatoms. The predicted octanol–water partition coefficient (Wildman–Crippen LogP) is 2.42. The van der Waals surface area contributed by atoms with Gasteiger partial charge in [0.2, 0.25) is 5.91 Å². The number of ether oxygens (including phenoxy) is 2. The molecular formula is C21H28N4O3. The fourth-order valence-corrected chi connectivity index (χ4v) is 3.30. The lowest BCUT2D eigenvalue weighted by atomic mass is 10.1. The Bertz CT molecular complexity index is 787. The number of amides is 1. The lowest BCUT2D eigenvalue weighted by molar-refractivity contribution is -0.116. The highest BCUT2D eigenvalue weighted by Crippen LogP contribution is 2.31. The third-order valence-electron chi connectivity index (χ3n) is 4.96. The van der Waals surface area contributed by atoms with Gasteiger partial charge in [0.15, 0.2) is 11.5 Å². The summed E-state index contributed by atoms with van der Waals surface area (Å²) >= 11 is 0. The number of likely N-dealkylation sites (N-methyl/N-ethyl adjacent to an activating group) is 1. The lowest BCUT2D eigenvalue weighted by Gasteiger charge is -2.33.